The summed E-state index contributed by atoms with van der Waals surface area (Å²) in [7, 11) is 1.51. The van der Waals surface area contributed by atoms with E-state index in [0.717, 1.165) is 0 Å². The molecule has 1 fully saturated rings. The van der Waals surface area contributed by atoms with Crippen LogP contribution in [0.15, 0.2) is 78.9 Å². The maximum Gasteiger partial charge on any atom is 0.309 e. The highest BCUT2D eigenvalue weighted by molar-refractivity contribution is 6.13. The summed E-state index contributed by atoms with van der Waals surface area (Å²) >= 11 is 0. The van der Waals surface area contributed by atoms with Gasteiger partial charge in [-0.25, -0.2) is 0 Å². The van der Waals surface area contributed by atoms with Crippen LogP contribution in [0.2, 0.25) is 0 Å². The Balaban J connectivity index is 1.68. The molecule has 0 amide bonds. The van der Waals surface area contributed by atoms with Crippen LogP contribution < -0.4 is 0 Å². The smallest absolute Gasteiger partial charge is 0.309 e. The first-order chi connectivity index (χ1) is 13.8. The molecule has 136 valence electrons. The second-order valence-electron chi connectivity index (χ2n) is 7.99. The van der Waals surface area contributed by atoms with Crippen LogP contribution in [0.3, 0.4) is 0 Å². The molecule has 2 nitrogen and oxygen atoms in total. The van der Waals surface area contributed by atoms with Gasteiger partial charge in [-0.2, -0.15) is 0 Å². The molecule has 6 rings (SSSR count). The number of hydrogen-bond acceptors (Lipinski definition) is 2. The zero-order chi connectivity index (χ0) is 18.8. The highest BCUT2D eigenvalue weighted by atomic mass is 16.5. The number of carbonyl (C=O) groups excluding carboxylic acids is 1. The van der Waals surface area contributed by atoms with Gasteiger partial charge < -0.3 is 4.74 Å². The van der Waals surface area contributed by atoms with Crippen molar-refractivity contribution in [1.82, 2.24) is 0 Å². The molecule has 0 N–H and O–H groups in total. The number of esters is 1. The van der Waals surface area contributed by atoms with E-state index in [4.69, 9.17) is 4.74 Å². The zero-order valence-electron chi connectivity index (χ0n) is 15.6. The Hall–Kier alpha value is -3.13. The van der Waals surface area contributed by atoms with Crippen molar-refractivity contribution in [1.29, 1.82) is 0 Å². The second kappa shape index (κ2) is 5.68. The molecule has 2 aliphatic rings. The first kappa shape index (κ1) is 15.9. The van der Waals surface area contributed by atoms with Gasteiger partial charge in [-0.1, -0.05) is 78.9 Å². The summed E-state index contributed by atoms with van der Waals surface area (Å²) in [5, 5.41) is 5.21. The van der Waals surface area contributed by atoms with Gasteiger partial charge in [-0.15, -0.1) is 0 Å². The molecule has 1 saturated carbocycles. The molecular weight excluding hydrogens is 344 g/mol. The minimum absolute atomic E-state index is 0.0985. The fourth-order valence-corrected chi connectivity index (χ4v) is 5.81. The molecule has 0 aliphatic heterocycles. The lowest BCUT2D eigenvalue weighted by Crippen LogP contribution is -2.47. The maximum absolute atomic E-state index is 12.9. The summed E-state index contributed by atoms with van der Waals surface area (Å²) in [4.78, 5) is 12.9. The van der Waals surface area contributed by atoms with Gasteiger partial charge in [0.1, 0.15) is 0 Å². The van der Waals surface area contributed by atoms with Crippen molar-refractivity contribution in [2.45, 2.75) is 17.8 Å². The fourth-order valence-electron chi connectivity index (χ4n) is 5.81. The van der Waals surface area contributed by atoms with E-state index in [1.54, 1.807) is 0 Å². The molecule has 0 aromatic heterocycles. The fraction of sp³-hybridized carbons (Fsp3) is 0.192. The van der Waals surface area contributed by atoms with Gasteiger partial charge >= 0.3 is 5.97 Å². The van der Waals surface area contributed by atoms with E-state index in [-0.39, 0.29) is 23.7 Å². The Kier molecular flexibility index (Phi) is 3.22. The highest BCUT2D eigenvalue weighted by Crippen LogP contribution is 2.66. The van der Waals surface area contributed by atoms with Crippen molar-refractivity contribution in [2.75, 3.05) is 7.11 Å². The molecule has 2 aliphatic carbocycles. The number of methoxy groups -OCH3 is 1. The largest absolute Gasteiger partial charge is 0.469 e. The number of carbonyl (C=O) groups is 1. The summed E-state index contributed by atoms with van der Waals surface area (Å²) in [6.45, 7) is 0. The van der Waals surface area contributed by atoms with Crippen molar-refractivity contribution >= 4 is 27.5 Å². The van der Waals surface area contributed by atoms with Crippen LogP contribution in [0, 0.1) is 5.92 Å². The Labute approximate surface area is 163 Å². The summed E-state index contributed by atoms with van der Waals surface area (Å²) in [5.41, 5.74) is 3.90. The van der Waals surface area contributed by atoms with Gasteiger partial charge in [0, 0.05) is 11.8 Å². The average Bonchev–Trinajstić information content (AvgIpc) is 2.73. The highest BCUT2D eigenvalue weighted by Gasteiger charge is 2.58. The standard InChI is InChI=1S/C26H20O2/c1-28-26(27)25-22(15-7-3-2-4-8-15)23-18-11-5-9-16-13-14-17-10-6-12-19(24(23)25)21(17)20(16)18/h2-14,22-25H,1H3/t22-,23+,24+,25+/m1/s1. The molecule has 0 saturated heterocycles. The third-order valence-corrected chi connectivity index (χ3v) is 6.87. The molecule has 2 heteroatoms. The van der Waals surface area contributed by atoms with Crippen LogP contribution in [0.4, 0.5) is 0 Å². The van der Waals surface area contributed by atoms with Crippen molar-refractivity contribution in [3.05, 3.63) is 95.6 Å². The summed E-state index contributed by atoms with van der Waals surface area (Å²) in [6.07, 6.45) is 0. The molecule has 0 unspecified atom stereocenters. The quantitative estimate of drug-likeness (QED) is 0.334. The monoisotopic (exact) mass is 364 g/mol. The molecule has 0 radical (unpaired) electrons. The SMILES string of the molecule is COC(=O)[C@@H]1[C@H]2c3cccc4ccc5cccc(c5c34)[C@H]2[C@H]1c1ccccc1. The van der Waals surface area contributed by atoms with E-state index in [0.29, 0.717) is 5.92 Å². The van der Waals surface area contributed by atoms with Crippen molar-refractivity contribution in [3.8, 4) is 0 Å². The molecular formula is C26H20O2. The lowest BCUT2D eigenvalue weighted by atomic mass is 9.48. The Bertz CT molecular complexity index is 1240. The number of ether oxygens (including phenoxy) is 1. The maximum atomic E-state index is 12.9. The number of fused-ring (bicyclic) bond motifs is 3. The van der Waals surface area contributed by atoms with Gasteiger partial charge in [-0.05, 0) is 44.2 Å². The Morgan fingerprint density at radius 3 is 1.89 bits per heavy atom. The molecule has 4 aromatic carbocycles. The Morgan fingerprint density at radius 2 is 1.29 bits per heavy atom. The first-order valence-electron chi connectivity index (χ1n) is 9.86. The van der Waals surface area contributed by atoms with Crippen LogP contribution in [0.5, 0.6) is 0 Å². The predicted molar refractivity (Wildman–Crippen MR) is 112 cm³/mol. The average molecular weight is 364 g/mol. The summed E-state index contributed by atoms with van der Waals surface area (Å²) < 4.78 is 5.27. The van der Waals surface area contributed by atoms with Gasteiger partial charge in [0.05, 0.1) is 13.0 Å². The van der Waals surface area contributed by atoms with Crippen LogP contribution in [-0.4, -0.2) is 13.1 Å². The molecule has 4 aromatic rings. The van der Waals surface area contributed by atoms with Crippen molar-refractivity contribution in [2.24, 2.45) is 5.92 Å². The lowest BCUT2D eigenvalue weighted by molar-refractivity contribution is -0.151. The van der Waals surface area contributed by atoms with E-state index >= 15 is 0 Å². The van der Waals surface area contributed by atoms with Crippen LogP contribution in [-0.2, 0) is 9.53 Å². The lowest BCUT2D eigenvalue weighted by Gasteiger charge is -2.53. The van der Waals surface area contributed by atoms with E-state index in [9.17, 15) is 4.79 Å². The van der Waals surface area contributed by atoms with E-state index in [1.807, 2.05) is 6.07 Å². The summed E-state index contributed by atoms with van der Waals surface area (Å²) in [6, 6.07) is 28.0. The third-order valence-electron chi connectivity index (χ3n) is 6.87. The molecule has 0 heterocycles. The number of hydrogen-bond donors (Lipinski definition) is 0. The second-order valence-corrected chi connectivity index (χ2v) is 7.99. The van der Waals surface area contributed by atoms with Crippen LogP contribution in [0.25, 0.3) is 21.5 Å². The Morgan fingerprint density at radius 1 is 0.679 bits per heavy atom. The minimum atomic E-state index is -0.147. The topological polar surface area (TPSA) is 26.3 Å². The van der Waals surface area contributed by atoms with Gasteiger partial charge in [-0.3, -0.25) is 4.79 Å². The summed E-state index contributed by atoms with van der Waals surface area (Å²) in [5.74, 6) is 0.371. The number of rotatable bonds is 2. The van der Waals surface area contributed by atoms with Crippen LogP contribution >= 0.6 is 0 Å². The van der Waals surface area contributed by atoms with Crippen molar-refractivity contribution in [3.63, 3.8) is 0 Å². The molecule has 0 spiro atoms. The van der Waals surface area contributed by atoms with Gasteiger partial charge in [0.15, 0.2) is 0 Å². The van der Waals surface area contributed by atoms with E-state index < -0.39 is 0 Å². The normalized spacial score (nSPS) is 24.8. The van der Waals surface area contributed by atoms with E-state index in [1.165, 1.54) is 45.3 Å². The van der Waals surface area contributed by atoms with Crippen LogP contribution in [0.1, 0.15) is 34.4 Å². The van der Waals surface area contributed by atoms with E-state index in [2.05, 4.69) is 72.8 Å². The van der Waals surface area contributed by atoms with Crippen molar-refractivity contribution < 1.29 is 9.53 Å². The third kappa shape index (κ3) is 1.90. The predicted octanol–water partition coefficient (Wildman–Crippen LogP) is 5.76. The zero-order valence-corrected chi connectivity index (χ0v) is 15.6. The minimum Gasteiger partial charge on any atom is -0.469 e. The molecule has 0 bridgehead atoms. The van der Waals surface area contributed by atoms with Gasteiger partial charge in [0.25, 0.3) is 0 Å². The molecule has 4 atom stereocenters. The number of benzene rings is 4. The molecule has 28 heavy (non-hydrogen) atoms. The van der Waals surface area contributed by atoms with Gasteiger partial charge in [0.2, 0.25) is 0 Å². The first-order valence-corrected chi connectivity index (χ1v) is 9.86.